The van der Waals surface area contributed by atoms with E-state index in [1.807, 2.05) is 7.05 Å². The first kappa shape index (κ1) is 14.4. The minimum atomic E-state index is 0.499. The Bertz CT molecular complexity index is 316. The van der Waals surface area contributed by atoms with Gasteiger partial charge in [-0.2, -0.15) is 0 Å². The number of aromatic nitrogens is 1. The number of thiazole rings is 1. The van der Waals surface area contributed by atoms with Crippen molar-refractivity contribution in [3.8, 4) is 0 Å². The minimum Gasteiger partial charge on any atom is -0.383 e. The zero-order chi connectivity index (χ0) is 12.7. The summed E-state index contributed by atoms with van der Waals surface area (Å²) in [6.45, 7) is 6.90. The Kier molecular flexibility index (Phi) is 6.47. The van der Waals surface area contributed by atoms with Gasteiger partial charge < -0.3 is 15.0 Å². The predicted octanol–water partition coefficient (Wildman–Crippen LogP) is 2.11. The van der Waals surface area contributed by atoms with Crippen molar-refractivity contribution >= 4 is 16.5 Å². The molecule has 1 unspecified atom stereocenters. The molecule has 0 aliphatic carbocycles. The average molecular weight is 257 g/mol. The number of methoxy groups -OCH3 is 1. The fraction of sp³-hybridized carbons (Fsp3) is 0.750. The molecule has 1 atom stereocenters. The van der Waals surface area contributed by atoms with Crippen LogP contribution in [0.15, 0.2) is 5.38 Å². The van der Waals surface area contributed by atoms with Crippen LogP contribution in [0.2, 0.25) is 0 Å². The van der Waals surface area contributed by atoms with Crippen LogP contribution >= 0.6 is 11.3 Å². The van der Waals surface area contributed by atoms with Gasteiger partial charge in [-0.1, -0.05) is 6.92 Å². The molecule has 0 spiro atoms. The summed E-state index contributed by atoms with van der Waals surface area (Å²) >= 11 is 1.71. The third kappa shape index (κ3) is 4.26. The Morgan fingerprint density at radius 1 is 1.59 bits per heavy atom. The maximum atomic E-state index is 5.17. The van der Waals surface area contributed by atoms with Gasteiger partial charge in [0.15, 0.2) is 5.13 Å². The average Bonchev–Trinajstić information content (AvgIpc) is 2.78. The zero-order valence-electron chi connectivity index (χ0n) is 11.2. The summed E-state index contributed by atoms with van der Waals surface area (Å²) in [5, 5.41) is 6.34. The molecule has 0 aliphatic heterocycles. The Morgan fingerprint density at radius 2 is 2.35 bits per heavy atom. The highest BCUT2D eigenvalue weighted by molar-refractivity contribution is 7.13. The van der Waals surface area contributed by atoms with E-state index < -0.39 is 0 Å². The highest BCUT2D eigenvalue weighted by Gasteiger charge is 2.16. The molecular weight excluding hydrogens is 234 g/mol. The van der Waals surface area contributed by atoms with Gasteiger partial charge in [-0.05, 0) is 20.4 Å². The molecule has 0 aliphatic rings. The molecule has 0 aromatic carbocycles. The molecule has 0 amide bonds. The van der Waals surface area contributed by atoms with E-state index in [4.69, 9.17) is 4.74 Å². The summed E-state index contributed by atoms with van der Waals surface area (Å²) in [4.78, 5) is 6.98. The van der Waals surface area contributed by atoms with Crippen molar-refractivity contribution in [2.24, 2.45) is 0 Å². The molecule has 1 N–H and O–H groups in total. The SMILES string of the molecule is CCC(C)N(CCOC)c1nc(CNC)cs1. The van der Waals surface area contributed by atoms with Gasteiger partial charge in [0.25, 0.3) is 0 Å². The van der Waals surface area contributed by atoms with Gasteiger partial charge in [0.05, 0.1) is 12.3 Å². The molecule has 1 rings (SSSR count). The molecule has 0 fully saturated rings. The van der Waals surface area contributed by atoms with E-state index in [-0.39, 0.29) is 0 Å². The number of nitrogens with one attached hydrogen (secondary N) is 1. The van der Waals surface area contributed by atoms with E-state index in [1.165, 1.54) is 0 Å². The third-order valence-electron chi connectivity index (χ3n) is 2.80. The van der Waals surface area contributed by atoms with Gasteiger partial charge in [-0.15, -0.1) is 11.3 Å². The number of ether oxygens (including phenoxy) is 1. The monoisotopic (exact) mass is 257 g/mol. The van der Waals surface area contributed by atoms with Crippen molar-refractivity contribution < 1.29 is 4.74 Å². The maximum absolute atomic E-state index is 5.17. The summed E-state index contributed by atoms with van der Waals surface area (Å²) in [6, 6.07) is 0.499. The molecule has 17 heavy (non-hydrogen) atoms. The molecule has 98 valence electrons. The fourth-order valence-electron chi connectivity index (χ4n) is 1.61. The highest BCUT2D eigenvalue weighted by Crippen LogP contribution is 2.23. The number of anilines is 1. The first-order valence-electron chi connectivity index (χ1n) is 6.07. The van der Waals surface area contributed by atoms with Crippen LogP contribution in [0.4, 0.5) is 5.13 Å². The van der Waals surface area contributed by atoms with Crippen molar-refractivity contribution in [2.45, 2.75) is 32.9 Å². The van der Waals surface area contributed by atoms with E-state index >= 15 is 0 Å². The maximum Gasteiger partial charge on any atom is 0.185 e. The molecule has 0 bridgehead atoms. The van der Waals surface area contributed by atoms with Gasteiger partial charge in [0.1, 0.15) is 0 Å². The molecule has 5 heteroatoms. The van der Waals surface area contributed by atoms with Crippen molar-refractivity contribution in [3.63, 3.8) is 0 Å². The summed E-state index contributed by atoms with van der Waals surface area (Å²) in [5.74, 6) is 0. The zero-order valence-corrected chi connectivity index (χ0v) is 12.0. The van der Waals surface area contributed by atoms with Crippen LogP contribution in [0.5, 0.6) is 0 Å². The summed E-state index contributed by atoms with van der Waals surface area (Å²) in [5.41, 5.74) is 1.11. The van der Waals surface area contributed by atoms with Gasteiger partial charge >= 0.3 is 0 Å². The van der Waals surface area contributed by atoms with Crippen molar-refractivity contribution in [3.05, 3.63) is 11.1 Å². The normalized spacial score (nSPS) is 12.7. The van der Waals surface area contributed by atoms with Crippen LogP contribution in [-0.2, 0) is 11.3 Å². The second-order valence-electron chi connectivity index (χ2n) is 4.10. The molecular formula is C12H23N3OS. The number of hydrogen-bond acceptors (Lipinski definition) is 5. The van der Waals surface area contributed by atoms with Crippen molar-refractivity contribution in [1.29, 1.82) is 0 Å². The third-order valence-corrected chi connectivity index (χ3v) is 3.73. The summed E-state index contributed by atoms with van der Waals surface area (Å²) < 4.78 is 5.17. The van der Waals surface area contributed by atoms with Crippen LogP contribution < -0.4 is 10.2 Å². The highest BCUT2D eigenvalue weighted by atomic mass is 32.1. The van der Waals surface area contributed by atoms with Crippen LogP contribution in [0.25, 0.3) is 0 Å². The molecule has 0 saturated carbocycles. The second-order valence-corrected chi connectivity index (χ2v) is 4.93. The van der Waals surface area contributed by atoms with Gasteiger partial charge in [-0.3, -0.25) is 0 Å². The number of nitrogens with zero attached hydrogens (tertiary/aromatic N) is 2. The first-order valence-corrected chi connectivity index (χ1v) is 6.95. The smallest absolute Gasteiger partial charge is 0.185 e. The molecule has 1 heterocycles. The number of hydrogen-bond donors (Lipinski definition) is 1. The second kappa shape index (κ2) is 7.63. The Labute approximate surface area is 108 Å². The van der Waals surface area contributed by atoms with Gasteiger partial charge in [0.2, 0.25) is 0 Å². The molecule has 1 aromatic heterocycles. The quantitative estimate of drug-likeness (QED) is 0.774. The lowest BCUT2D eigenvalue weighted by molar-refractivity contribution is 0.203. The predicted molar refractivity (Wildman–Crippen MR) is 73.9 cm³/mol. The van der Waals surface area contributed by atoms with Crippen LogP contribution in [0, 0.1) is 0 Å². The topological polar surface area (TPSA) is 37.4 Å². The van der Waals surface area contributed by atoms with E-state index in [9.17, 15) is 0 Å². The van der Waals surface area contributed by atoms with Crippen LogP contribution in [0.3, 0.4) is 0 Å². The molecule has 0 saturated heterocycles. The summed E-state index contributed by atoms with van der Waals surface area (Å²) in [6.07, 6.45) is 1.12. The van der Waals surface area contributed by atoms with Gasteiger partial charge in [0, 0.05) is 31.6 Å². The van der Waals surface area contributed by atoms with E-state index in [0.29, 0.717) is 6.04 Å². The Morgan fingerprint density at radius 3 is 2.94 bits per heavy atom. The standard InChI is InChI=1S/C12H23N3OS/c1-5-10(2)15(6-7-16-4)12-14-11(8-13-3)9-17-12/h9-10,13H,5-8H2,1-4H3. The van der Waals surface area contributed by atoms with Crippen molar-refractivity contribution in [1.82, 2.24) is 10.3 Å². The summed E-state index contributed by atoms with van der Waals surface area (Å²) in [7, 11) is 3.68. The molecule has 1 aromatic rings. The van der Waals surface area contributed by atoms with E-state index in [1.54, 1.807) is 18.4 Å². The lowest BCUT2D eigenvalue weighted by atomic mass is 10.2. The largest absolute Gasteiger partial charge is 0.383 e. The fourth-order valence-corrected chi connectivity index (χ4v) is 2.56. The van der Waals surface area contributed by atoms with E-state index in [2.05, 4.69) is 34.4 Å². The van der Waals surface area contributed by atoms with Crippen LogP contribution in [-0.4, -0.2) is 38.3 Å². The lowest BCUT2D eigenvalue weighted by Gasteiger charge is -2.27. The Hall–Kier alpha value is -0.650. The lowest BCUT2D eigenvalue weighted by Crippen LogP contribution is -2.35. The number of rotatable bonds is 8. The Balaban J connectivity index is 2.72. The minimum absolute atomic E-state index is 0.499. The first-order chi connectivity index (χ1) is 8.22. The molecule has 0 radical (unpaired) electrons. The van der Waals surface area contributed by atoms with Gasteiger partial charge in [-0.25, -0.2) is 4.98 Å². The van der Waals surface area contributed by atoms with Crippen molar-refractivity contribution in [2.75, 3.05) is 32.2 Å². The van der Waals surface area contributed by atoms with E-state index in [0.717, 1.165) is 36.9 Å². The molecule has 4 nitrogen and oxygen atoms in total. The van der Waals surface area contributed by atoms with Crippen LogP contribution in [0.1, 0.15) is 26.0 Å².